The molecule has 9 heteroatoms. The Morgan fingerprint density at radius 1 is 1.19 bits per heavy atom. The number of benzene rings is 1. The number of nitrogens with zero attached hydrogens (tertiary/aromatic N) is 4. The minimum Gasteiger partial charge on any atom is -0.478 e. The number of carbonyl (C=O) groups is 2. The Morgan fingerprint density at radius 2 is 2.06 bits per heavy atom. The second-order valence-electron chi connectivity index (χ2n) is 7.16. The summed E-state index contributed by atoms with van der Waals surface area (Å²) in [5.41, 5.74) is 5.36. The van der Waals surface area contributed by atoms with Crippen LogP contribution in [0.4, 0.5) is 5.13 Å². The van der Waals surface area contributed by atoms with Crippen molar-refractivity contribution in [3.8, 4) is 27.5 Å². The highest BCUT2D eigenvalue weighted by molar-refractivity contribution is 7.19. The van der Waals surface area contributed by atoms with E-state index in [-0.39, 0.29) is 11.5 Å². The third-order valence-electron chi connectivity index (χ3n) is 5.06. The minimum absolute atomic E-state index is 0.176. The van der Waals surface area contributed by atoms with Gasteiger partial charge in [-0.15, -0.1) is 0 Å². The number of carboxylic acid groups (broad SMARTS) is 1. The molecular weight excluding hydrogens is 414 g/mol. The Bertz CT molecular complexity index is 1330. The third-order valence-corrected chi connectivity index (χ3v) is 6.08. The van der Waals surface area contributed by atoms with Gasteiger partial charge in [0.25, 0.3) is 0 Å². The van der Waals surface area contributed by atoms with E-state index in [1.165, 1.54) is 18.3 Å². The quantitative estimate of drug-likeness (QED) is 0.508. The molecule has 1 aliphatic rings. The van der Waals surface area contributed by atoms with Crippen molar-refractivity contribution in [1.29, 1.82) is 0 Å². The van der Waals surface area contributed by atoms with Crippen molar-refractivity contribution in [2.45, 2.75) is 19.8 Å². The van der Waals surface area contributed by atoms with Crippen LogP contribution in [0.25, 0.3) is 27.5 Å². The SMILES string of the molecule is CC(=O)Nc1nc2c(s1)-c1c(c(-c3cccnc3)nn1-c1cccc(C(=O)O)c1)CC2. The largest absolute Gasteiger partial charge is 0.478 e. The van der Waals surface area contributed by atoms with Crippen LogP contribution in [0.5, 0.6) is 0 Å². The predicted octanol–water partition coefficient (Wildman–Crippen LogP) is 3.81. The number of amides is 1. The number of hydrogen-bond donors (Lipinski definition) is 2. The normalized spacial score (nSPS) is 12.2. The van der Waals surface area contributed by atoms with E-state index >= 15 is 0 Å². The number of anilines is 1. The van der Waals surface area contributed by atoms with Gasteiger partial charge in [0, 0.05) is 30.4 Å². The average molecular weight is 431 g/mol. The van der Waals surface area contributed by atoms with Crippen LogP contribution in [-0.4, -0.2) is 36.7 Å². The van der Waals surface area contributed by atoms with Crippen molar-refractivity contribution in [2.75, 3.05) is 5.32 Å². The summed E-state index contributed by atoms with van der Waals surface area (Å²) in [4.78, 5) is 32.8. The molecule has 1 aliphatic carbocycles. The molecule has 0 aliphatic heterocycles. The predicted molar refractivity (Wildman–Crippen MR) is 117 cm³/mol. The number of pyridine rings is 1. The molecule has 0 fully saturated rings. The van der Waals surface area contributed by atoms with Gasteiger partial charge >= 0.3 is 5.97 Å². The van der Waals surface area contributed by atoms with Crippen LogP contribution in [0.2, 0.25) is 0 Å². The molecule has 3 aromatic heterocycles. The number of rotatable bonds is 4. The fraction of sp³-hybridized carbons (Fsp3) is 0.136. The van der Waals surface area contributed by atoms with Crippen LogP contribution < -0.4 is 5.32 Å². The Morgan fingerprint density at radius 3 is 2.81 bits per heavy atom. The number of nitrogens with one attached hydrogen (secondary N) is 1. The summed E-state index contributed by atoms with van der Waals surface area (Å²) in [7, 11) is 0. The first-order valence-corrected chi connectivity index (χ1v) is 10.5. The van der Waals surface area contributed by atoms with Gasteiger partial charge in [-0.25, -0.2) is 14.5 Å². The highest BCUT2D eigenvalue weighted by atomic mass is 32.1. The second kappa shape index (κ2) is 7.44. The van der Waals surface area contributed by atoms with Gasteiger partial charge < -0.3 is 10.4 Å². The number of fused-ring (bicyclic) bond motifs is 3. The Hall–Kier alpha value is -3.85. The molecule has 3 heterocycles. The molecule has 8 nitrogen and oxygen atoms in total. The van der Waals surface area contributed by atoms with Crippen molar-refractivity contribution in [3.63, 3.8) is 0 Å². The number of aromatic carboxylic acids is 1. The lowest BCUT2D eigenvalue weighted by atomic mass is 9.95. The molecule has 0 saturated carbocycles. The van der Waals surface area contributed by atoms with Gasteiger partial charge in [-0.05, 0) is 43.2 Å². The third kappa shape index (κ3) is 3.38. The molecule has 4 aromatic rings. The standard InChI is InChI=1S/C22H17N5O3S/c1-12(28)24-22-25-17-8-7-16-18(14-5-3-9-23-11-14)26-27(19(16)20(17)31-22)15-6-2-4-13(10-15)21(29)30/h2-6,9-11H,7-8H2,1H3,(H,29,30)(H,24,25,28). The topological polar surface area (TPSA) is 110 Å². The van der Waals surface area contributed by atoms with E-state index in [4.69, 9.17) is 5.10 Å². The Kier molecular flexibility index (Phi) is 4.59. The van der Waals surface area contributed by atoms with Gasteiger partial charge in [0.05, 0.1) is 33.2 Å². The second-order valence-corrected chi connectivity index (χ2v) is 8.16. The summed E-state index contributed by atoms with van der Waals surface area (Å²) in [6.07, 6.45) is 4.94. The Labute approximate surface area is 181 Å². The van der Waals surface area contributed by atoms with Gasteiger partial charge in [0.2, 0.25) is 5.91 Å². The average Bonchev–Trinajstić information content (AvgIpc) is 3.34. The first-order chi connectivity index (χ1) is 15.0. The molecule has 0 atom stereocenters. The molecule has 0 bridgehead atoms. The van der Waals surface area contributed by atoms with Gasteiger partial charge in [-0.1, -0.05) is 17.4 Å². The zero-order valence-corrected chi connectivity index (χ0v) is 17.3. The highest BCUT2D eigenvalue weighted by Gasteiger charge is 2.30. The lowest BCUT2D eigenvalue weighted by molar-refractivity contribution is -0.114. The van der Waals surface area contributed by atoms with E-state index in [1.54, 1.807) is 35.3 Å². The van der Waals surface area contributed by atoms with Crippen LogP contribution in [0, 0.1) is 0 Å². The monoisotopic (exact) mass is 431 g/mol. The first kappa shape index (κ1) is 19.1. The van der Waals surface area contributed by atoms with Crippen molar-refractivity contribution >= 4 is 28.3 Å². The molecule has 5 rings (SSSR count). The summed E-state index contributed by atoms with van der Waals surface area (Å²) in [6.45, 7) is 1.45. The summed E-state index contributed by atoms with van der Waals surface area (Å²) in [6, 6.07) is 10.5. The van der Waals surface area contributed by atoms with E-state index < -0.39 is 5.97 Å². The highest BCUT2D eigenvalue weighted by Crippen LogP contribution is 2.44. The zero-order valence-electron chi connectivity index (χ0n) is 16.5. The van der Waals surface area contributed by atoms with Gasteiger partial charge in [-0.2, -0.15) is 5.10 Å². The smallest absolute Gasteiger partial charge is 0.335 e. The minimum atomic E-state index is -0.998. The molecule has 0 radical (unpaired) electrons. The van der Waals surface area contributed by atoms with Crippen molar-refractivity contribution < 1.29 is 14.7 Å². The van der Waals surface area contributed by atoms with E-state index in [0.29, 0.717) is 10.8 Å². The summed E-state index contributed by atoms with van der Waals surface area (Å²) in [5.74, 6) is -1.17. The van der Waals surface area contributed by atoms with E-state index in [1.807, 2.05) is 18.2 Å². The van der Waals surface area contributed by atoms with Crippen LogP contribution in [-0.2, 0) is 17.6 Å². The van der Waals surface area contributed by atoms with Gasteiger partial charge in [0.1, 0.15) is 0 Å². The molecule has 1 aromatic carbocycles. The van der Waals surface area contributed by atoms with Crippen molar-refractivity contribution in [1.82, 2.24) is 19.7 Å². The number of hydrogen-bond acceptors (Lipinski definition) is 6. The maximum atomic E-state index is 11.5. The van der Waals surface area contributed by atoms with E-state index in [0.717, 1.165) is 45.9 Å². The molecule has 1 amide bonds. The van der Waals surface area contributed by atoms with Gasteiger partial charge in [0.15, 0.2) is 5.13 Å². The summed E-state index contributed by atoms with van der Waals surface area (Å²) < 4.78 is 1.78. The molecule has 2 N–H and O–H groups in total. The molecule has 0 spiro atoms. The van der Waals surface area contributed by atoms with Crippen molar-refractivity contribution in [2.24, 2.45) is 0 Å². The number of thiazole rings is 1. The number of aryl methyl sites for hydroxylation is 1. The lowest BCUT2D eigenvalue weighted by Gasteiger charge is -2.14. The van der Waals surface area contributed by atoms with E-state index in [2.05, 4.69) is 15.3 Å². The van der Waals surface area contributed by atoms with Crippen LogP contribution >= 0.6 is 11.3 Å². The summed E-state index contributed by atoms with van der Waals surface area (Å²) >= 11 is 1.40. The molecule has 31 heavy (non-hydrogen) atoms. The number of aromatic nitrogens is 4. The molecule has 0 unspecified atom stereocenters. The maximum absolute atomic E-state index is 11.5. The van der Waals surface area contributed by atoms with Crippen LogP contribution in [0.15, 0.2) is 48.8 Å². The molecule has 0 saturated heterocycles. The zero-order chi connectivity index (χ0) is 21.5. The van der Waals surface area contributed by atoms with Crippen LogP contribution in [0.1, 0.15) is 28.5 Å². The van der Waals surface area contributed by atoms with Gasteiger partial charge in [-0.3, -0.25) is 9.78 Å². The fourth-order valence-electron chi connectivity index (χ4n) is 3.77. The Balaban J connectivity index is 1.75. The molecule has 154 valence electrons. The maximum Gasteiger partial charge on any atom is 0.335 e. The fourth-order valence-corrected chi connectivity index (χ4v) is 4.88. The number of carboxylic acids is 1. The van der Waals surface area contributed by atoms with E-state index in [9.17, 15) is 14.7 Å². The first-order valence-electron chi connectivity index (χ1n) is 9.65. The lowest BCUT2D eigenvalue weighted by Crippen LogP contribution is -2.07. The van der Waals surface area contributed by atoms with Crippen LogP contribution in [0.3, 0.4) is 0 Å². The molecular formula is C22H17N5O3S. The number of carbonyl (C=O) groups excluding carboxylic acids is 1. The summed E-state index contributed by atoms with van der Waals surface area (Å²) in [5, 5.41) is 17.6. The van der Waals surface area contributed by atoms with Crippen molar-refractivity contribution in [3.05, 3.63) is 65.6 Å².